The minimum Gasteiger partial charge on any atom is -0.320 e. The summed E-state index contributed by atoms with van der Waals surface area (Å²) in [6, 6.07) is 11.9. The van der Waals surface area contributed by atoms with Gasteiger partial charge in [0.15, 0.2) is 17.6 Å². The summed E-state index contributed by atoms with van der Waals surface area (Å²) in [5.41, 5.74) is 6.85. The largest absolute Gasteiger partial charge is 0.320 e. The lowest BCUT2D eigenvalue weighted by Crippen LogP contribution is -2.42. The molecule has 0 unspecified atom stereocenters. The van der Waals surface area contributed by atoms with Gasteiger partial charge in [-0.1, -0.05) is 36.0 Å². The number of hydrazine groups is 1. The Hall–Kier alpha value is -2.25. The van der Waals surface area contributed by atoms with Crippen molar-refractivity contribution in [2.45, 2.75) is 16.7 Å². The molecule has 1 aliphatic carbocycles. The molecule has 0 amide bonds. The number of thioether (sulfide) groups is 1. The Morgan fingerprint density at radius 1 is 0.913 bits per heavy atom. The van der Waals surface area contributed by atoms with E-state index < -0.39 is 11.8 Å². The van der Waals surface area contributed by atoms with E-state index in [2.05, 4.69) is 10.9 Å². The van der Waals surface area contributed by atoms with Gasteiger partial charge in [-0.2, -0.15) is 8.78 Å². The molecule has 0 atom stereocenters. The minimum absolute atomic E-state index is 0.289. The highest BCUT2D eigenvalue weighted by Crippen LogP contribution is 2.26. The van der Waals surface area contributed by atoms with Crippen LogP contribution >= 0.6 is 11.8 Å². The Bertz CT molecular complexity index is 715. The summed E-state index contributed by atoms with van der Waals surface area (Å²) < 4.78 is 24.5. The Balaban J connectivity index is 1.65. The lowest BCUT2D eigenvalue weighted by molar-refractivity contribution is 0.0874. The molecule has 118 valence electrons. The van der Waals surface area contributed by atoms with E-state index >= 15 is 0 Å². The third kappa shape index (κ3) is 3.25. The molecule has 2 N–H and O–H groups in total. The van der Waals surface area contributed by atoms with Crippen molar-refractivity contribution in [2.24, 2.45) is 0 Å². The van der Waals surface area contributed by atoms with Gasteiger partial charge in [0.2, 0.25) is 0 Å². The van der Waals surface area contributed by atoms with Crippen LogP contribution in [0.1, 0.15) is 20.7 Å². The van der Waals surface area contributed by atoms with Crippen LogP contribution < -0.4 is 10.9 Å². The molecule has 7 heteroatoms. The van der Waals surface area contributed by atoms with Crippen LogP contribution in [0.15, 0.2) is 53.4 Å². The number of carbonyl (C=O) groups excluding carboxylic acids is 2. The van der Waals surface area contributed by atoms with Crippen LogP contribution in [-0.4, -0.2) is 23.4 Å². The monoisotopic (exact) mass is 334 g/mol. The Morgan fingerprint density at radius 3 is 2.00 bits per heavy atom. The molecule has 0 heterocycles. The molecular weight excluding hydrogens is 322 g/mol. The summed E-state index contributed by atoms with van der Waals surface area (Å²) in [5.74, 6) is -3.05. The zero-order valence-electron chi connectivity index (χ0n) is 11.8. The molecular formula is C16H12F2N2O2S. The highest BCUT2D eigenvalue weighted by molar-refractivity contribution is 7.99. The van der Waals surface area contributed by atoms with Gasteiger partial charge in [0, 0.05) is 21.7 Å². The minimum atomic E-state index is -2.47. The van der Waals surface area contributed by atoms with Crippen molar-refractivity contribution in [1.29, 1.82) is 0 Å². The van der Waals surface area contributed by atoms with Gasteiger partial charge in [-0.25, -0.2) is 5.43 Å². The van der Waals surface area contributed by atoms with Gasteiger partial charge in [0.25, 0.3) is 5.76 Å². The number of carbonyl (C=O) groups is 2. The summed E-state index contributed by atoms with van der Waals surface area (Å²) >= 11 is 0.453. The number of benzene rings is 2. The Morgan fingerprint density at radius 2 is 1.48 bits per heavy atom. The molecule has 2 aromatic rings. The normalized spacial score (nSPS) is 14.4. The zero-order chi connectivity index (χ0) is 16.4. The predicted molar refractivity (Wildman–Crippen MR) is 84.0 cm³/mol. The van der Waals surface area contributed by atoms with Crippen LogP contribution in [0.25, 0.3) is 0 Å². The molecule has 0 saturated heterocycles. The van der Waals surface area contributed by atoms with Gasteiger partial charge in [-0.05, 0) is 24.3 Å². The van der Waals surface area contributed by atoms with E-state index in [1.54, 1.807) is 36.4 Å². The van der Waals surface area contributed by atoms with Crippen LogP contribution in [0.4, 0.5) is 14.5 Å². The standard InChI is InChI=1S/C16H12F2N2O2S/c17-16(18)23-10-7-5-9(6-8-10)19-20-13-14(21)11-3-1-2-4-12(11)15(13)22/h1-8,13,16,19-20H. The second-order valence-electron chi connectivity index (χ2n) is 4.88. The predicted octanol–water partition coefficient (Wildman–Crippen LogP) is 3.37. The number of nitrogens with one attached hydrogen (secondary N) is 2. The Labute approximate surface area is 135 Å². The van der Waals surface area contributed by atoms with Gasteiger partial charge >= 0.3 is 0 Å². The van der Waals surface area contributed by atoms with Crippen molar-refractivity contribution in [3.8, 4) is 0 Å². The molecule has 4 nitrogen and oxygen atoms in total. The molecule has 0 saturated carbocycles. The van der Waals surface area contributed by atoms with Crippen LogP contribution in [0.5, 0.6) is 0 Å². The SMILES string of the molecule is O=C1c2ccccc2C(=O)C1NNc1ccc(SC(F)F)cc1. The molecule has 1 aliphatic rings. The lowest BCUT2D eigenvalue weighted by atomic mass is 10.1. The van der Waals surface area contributed by atoms with E-state index in [1.165, 1.54) is 12.1 Å². The fourth-order valence-electron chi connectivity index (χ4n) is 2.35. The van der Waals surface area contributed by atoms with Crippen molar-refractivity contribution in [2.75, 3.05) is 5.43 Å². The quantitative estimate of drug-likeness (QED) is 0.499. The number of anilines is 1. The second kappa shape index (κ2) is 6.47. The average molecular weight is 334 g/mol. The topological polar surface area (TPSA) is 58.2 Å². The van der Waals surface area contributed by atoms with E-state index in [0.29, 0.717) is 33.5 Å². The second-order valence-corrected chi connectivity index (χ2v) is 5.94. The maximum absolute atomic E-state index is 12.2. The van der Waals surface area contributed by atoms with E-state index in [1.807, 2.05) is 0 Å². The molecule has 0 fully saturated rings. The van der Waals surface area contributed by atoms with Crippen molar-refractivity contribution < 1.29 is 18.4 Å². The maximum atomic E-state index is 12.2. The summed E-state index contributed by atoms with van der Waals surface area (Å²) in [7, 11) is 0. The molecule has 0 radical (unpaired) electrons. The van der Waals surface area contributed by atoms with Gasteiger partial charge < -0.3 is 5.43 Å². The van der Waals surface area contributed by atoms with E-state index in [0.717, 1.165) is 0 Å². The van der Waals surface area contributed by atoms with E-state index in [-0.39, 0.29) is 11.6 Å². The first-order valence-electron chi connectivity index (χ1n) is 6.80. The molecule has 3 rings (SSSR count). The molecule has 2 aromatic carbocycles. The first kappa shape index (κ1) is 15.6. The maximum Gasteiger partial charge on any atom is 0.288 e. The van der Waals surface area contributed by atoms with Crippen molar-refractivity contribution in [3.05, 3.63) is 59.7 Å². The smallest absolute Gasteiger partial charge is 0.288 e. The summed E-state index contributed by atoms with van der Waals surface area (Å²) in [4.78, 5) is 24.8. The third-order valence-electron chi connectivity index (χ3n) is 3.42. The Kier molecular flexibility index (Phi) is 4.40. The number of alkyl halides is 2. The van der Waals surface area contributed by atoms with Gasteiger partial charge in [-0.15, -0.1) is 0 Å². The fourth-order valence-corrected chi connectivity index (χ4v) is 2.85. The van der Waals surface area contributed by atoms with Crippen LogP contribution in [0, 0.1) is 0 Å². The number of fused-ring (bicyclic) bond motifs is 1. The number of hydrogen-bond acceptors (Lipinski definition) is 5. The van der Waals surface area contributed by atoms with Crippen molar-refractivity contribution in [1.82, 2.24) is 5.43 Å². The summed E-state index contributed by atoms with van der Waals surface area (Å²) in [6.07, 6.45) is 0. The molecule has 0 aliphatic heterocycles. The highest BCUT2D eigenvalue weighted by Gasteiger charge is 2.38. The molecule has 0 bridgehead atoms. The number of Topliss-reactive ketones (excluding diaryl/α,β-unsaturated/α-hetero) is 2. The average Bonchev–Trinajstić information content (AvgIpc) is 2.78. The number of ketones is 2. The first-order chi connectivity index (χ1) is 11.1. The van der Waals surface area contributed by atoms with Crippen LogP contribution in [0.3, 0.4) is 0 Å². The van der Waals surface area contributed by atoms with Crippen molar-refractivity contribution in [3.63, 3.8) is 0 Å². The van der Waals surface area contributed by atoms with Crippen LogP contribution in [-0.2, 0) is 0 Å². The van der Waals surface area contributed by atoms with E-state index in [9.17, 15) is 18.4 Å². The third-order valence-corrected chi connectivity index (χ3v) is 4.15. The molecule has 23 heavy (non-hydrogen) atoms. The van der Waals surface area contributed by atoms with Gasteiger partial charge in [0.05, 0.1) is 0 Å². The molecule has 0 aromatic heterocycles. The number of rotatable bonds is 5. The number of halogens is 2. The zero-order valence-corrected chi connectivity index (χ0v) is 12.6. The van der Waals surface area contributed by atoms with Crippen molar-refractivity contribution >= 4 is 29.0 Å². The van der Waals surface area contributed by atoms with Crippen LogP contribution in [0.2, 0.25) is 0 Å². The van der Waals surface area contributed by atoms with Gasteiger partial charge in [-0.3, -0.25) is 9.59 Å². The summed E-state index contributed by atoms with van der Waals surface area (Å²) in [5, 5.41) is 0. The first-order valence-corrected chi connectivity index (χ1v) is 7.68. The molecule has 0 spiro atoms. The summed E-state index contributed by atoms with van der Waals surface area (Å²) in [6.45, 7) is 0. The van der Waals surface area contributed by atoms with E-state index in [4.69, 9.17) is 0 Å². The lowest BCUT2D eigenvalue weighted by Gasteiger charge is -2.12. The van der Waals surface area contributed by atoms with Gasteiger partial charge in [0.1, 0.15) is 0 Å². The fraction of sp³-hybridized carbons (Fsp3) is 0.125. The highest BCUT2D eigenvalue weighted by atomic mass is 32.2. The number of hydrogen-bond donors (Lipinski definition) is 2.